The van der Waals surface area contributed by atoms with Crippen molar-refractivity contribution in [3.05, 3.63) is 24.1 Å². The van der Waals surface area contributed by atoms with E-state index in [4.69, 9.17) is 4.18 Å². The summed E-state index contributed by atoms with van der Waals surface area (Å²) in [4.78, 5) is 31.9. The summed E-state index contributed by atoms with van der Waals surface area (Å²) in [6, 6.07) is 0. The lowest BCUT2D eigenvalue weighted by Crippen LogP contribution is -2.25. The van der Waals surface area contributed by atoms with Crippen molar-refractivity contribution in [2.24, 2.45) is 0 Å². The van der Waals surface area contributed by atoms with E-state index in [0.29, 0.717) is 13.0 Å². The van der Waals surface area contributed by atoms with Gasteiger partial charge in [-0.05, 0) is 5.41 Å². The van der Waals surface area contributed by atoms with Crippen molar-refractivity contribution in [2.75, 3.05) is 13.2 Å². The Morgan fingerprint density at radius 1 is 1.16 bits per heavy atom. The first-order valence-corrected chi connectivity index (χ1v) is 7.65. The molecule has 0 bridgehead atoms. The number of carbonyl (C=O) groups excluding carboxylic acids is 3. The fraction of sp³-hybridized carbons (Fsp3) is 0.500. The molecule has 0 radical (unpaired) electrons. The first-order chi connectivity index (χ1) is 11.6. The summed E-state index contributed by atoms with van der Waals surface area (Å²) < 4.78 is 54.4. The number of rotatable bonds is 5. The summed E-state index contributed by atoms with van der Waals surface area (Å²) in [5.41, 5.74) is -1.60. The lowest BCUT2D eigenvalue weighted by atomic mass is 10.3. The van der Waals surface area contributed by atoms with Crippen LogP contribution in [0, 0.1) is 0 Å². The van der Waals surface area contributed by atoms with E-state index in [1.54, 1.807) is 5.41 Å². The Morgan fingerprint density at radius 2 is 1.68 bits per heavy atom. The smallest absolute Gasteiger partial charge is 0.422 e. The minimum atomic E-state index is -4.82. The third-order valence-corrected chi connectivity index (χ3v) is 3.29. The molecule has 2 atom stereocenters. The predicted molar refractivity (Wildman–Crippen MR) is 78.9 cm³/mol. The maximum atomic E-state index is 12.0. The highest BCUT2D eigenvalue weighted by atomic mass is 32.2. The van der Waals surface area contributed by atoms with Crippen LogP contribution in [0.3, 0.4) is 0 Å². The highest BCUT2D eigenvalue weighted by molar-refractivity contribution is 7.97. The van der Waals surface area contributed by atoms with Crippen molar-refractivity contribution in [1.29, 1.82) is 0 Å². The summed E-state index contributed by atoms with van der Waals surface area (Å²) in [5, 5.41) is 1.57. The van der Waals surface area contributed by atoms with Gasteiger partial charge in [-0.3, -0.25) is 9.59 Å². The monoisotopic (exact) mass is 384 g/mol. The van der Waals surface area contributed by atoms with Gasteiger partial charge in [-0.15, -0.1) is 0 Å². The molecule has 2 heterocycles. The van der Waals surface area contributed by atoms with Crippen molar-refractivity contribution in [1.82, 2.24) is 0 Å². The van der Waals surface area contributed by atoms with E-state index in [1.807, 2.05) is 0 Å². The summed E-state index contributed by atoms with van der Waals surface area (Å²) >= 11 is 1.14. The zero-order valence-electron chi connectivity index (χ0n) is 12.9. The zero-order valence-corrected chi connectivity index (χ0v) is 13.7. The van der Waals surface area contributed by atoms with Crippen LogP contribution in [-0.4, -0.2) is 49.5 Å². The molecule has 2 rings (SSSR count). The molecular formula is C14H15F3O7S. The van der Waals surface area contributed by atoms with Crippen LogP contribution >= 0.6 is 12.0 Å². The van der Waals surface area contributed by atoms with Crippen molar-refractivity contribution in [3.8, 4) is 0 Å². The molecule has 0 spiro atoms. The third-order valence-electron chi connectivity index (χ3n) is 2.77. The van der Waals surface area contributed by atoms with E-state index in [1.165, 1.54) is 0 Å². The number of alkyl halides is 3. The van der Waals surface area contributed by atoms with Crippen LogP contribution in [0.15, 0.2) is 24.1 Å². The predicted octanol–water partition coefficient (Wildman–Crippen LogP) is 2.07. The lowest BCUT2D eigenvalue weighted by molar-refractivity contribution is -0.155. The molecule has 0 aromatic carbocycles. The molecule has 2 fully saturated rings. The molecule has 2 unspecified atom stereocenters. The topological polar surface area (TPSA) is 88.1 Å². The third kappa shape index (κ3) is 7.61. The second-order valence-corrected chi connectivity index (χ2v) is 5.48. The quantitative estimate of drug-likeness (QED) is 0.308. The fourth-order valence-corrected chi connectivity index (χ4v) is 1.93. The van der Waals surface area contributed by atoms with Crippen molar-refractivity contribution >= 4 is 30.0 Å². The number of ether oxygens (including phenoxy) is 3. The molecular weight excluding hydrogens is 369 g/mol. The zero-order chi connectivity index (χ0) is 19.0. The van der Waals surface area contributed by atoms with Crippen LogP contribution < -0.4 is 0 Å². The van der Waals surface area contributed by atoms with Gasteiger partial charge in [-0.2, -0.15) is 13.2 Å². The number of cyclic esters (lactones) is 2. The summed E-state index contributed by atoms with van der Waals surface area (Å²) in [7, 11) is 0. The number of hydrogen-bond donors (Lipinski definition) is 0. The molecule has 0 saturated carbocycles. The van der Waals surface area contributed by atoms with Crippen molar-refractivity contribution in [3.63, 3.8) is 0 Å². The van der Waals surface area contributed by atoms with Gasteiger partial charge in [0.05, 0.1) is 12.8 Å². The van der Waals surface area contributed by atoms with Crippen molar-refractivity contribution < 1.29 is 45.9 Å². The van der Waals surface area contributed by atoms with Gasteiger partial charge in [0.2, 0.25) is 0 Å². The van der Waals surface area contributed by atoms with E-state index >= 15 is 0 Å². The average molecular weight is 384 g/mol. The van der Waals surface area contributed by atoms with Gasteiger partial charge in [-0.1, -0.05) is 13.2 Å². The molecule has 2 aliphatic rings. The minimum absolute atomic E-state index is 0.0875. The second-order valence-electron chi connectivity index (χ2n) is 4.76. The van der Waals surface area contributed by atoms with Gasteiger partial charge in [0.25, 0.3) is 0 Å². The SMILES string of the molecule is C=C(C(=O)OC1COC(=O)C1)C(F)(F)F.C=CSOC1COC(=O)C1. The molecule has 2 aliphatic heterocycles. The number of halogens is 3. The maximum absolute atomic E-state index is 12.0. The normalized spacial score (nSPS) is 22.4. The molecule has 0 aromatic rings. The van der Waals surface area contributed by atoms with Crippen molar-refractivity contribution in [2.45, 2.75) is 31.2 Å². The van der Waals surface area contributed by atoms with E-state index in [-0.39, 0.29) is 25.1 Å². The van der Waals surface area contributed by atoms with Crippen LogP contribution in [-0.2, 0) is 32.8 Å². The molecule has 11 heteroatoms. The molecule has 0 amide bonds. The Hall–Kier alpha value is -2.01. The highest BCUT2D eigenvalue weighted by Crippen LogP contribution is 2.26. The number of carbonyl (C=O) groups is 3. The van der Waals surface area contributed by atoms with Gasteiger partial charge < -0.3 is 18.4 Å². The molecule has 2 saturated heterocycles. The van der Waals surface area contributed by atoms with Gasteiger partial charge in [0.1, 0.15) is 31.0 Å². The number of hydrogen-bond acceptors (Lipinski definition) is 8. The van der Waals surface area contributed by atoms with Crippen LogP contribution in [0.2, 0.25) is 0 Å². The fourth-order valence-electron chi connectivity index (χ4n) is 1.57. The number of esters is 3. The summed E-state index contributed by atoms with van der Waals surface area (Å²) in [6.45, 7) is 6.18. The summed E-state index contributed by atoms with van der Waals surface area (Å²) in [5.74, 6) is -2.37. The molecule has 0 aromatic heterocycles. The van der Waals surface area contributed by atoms with Gasteiger partial charge in [0, 0.05) is 12.0 Å². The highest BCUT2D eigenvalue weighted by Gasteiger charge is 2.39. The van der Waals surface area contributed by atoms with E-state index < -0.39 is 29.8 Å². The average Bonchev–Trinajstić information content (AvgIpc) is 3.12. The van der Waals surface area contributed by atoms with Crippen LogP contribution in [0.1, 0.15) is 12.8 Å². The Labute approximate surface area is 145 Å². The van der Waals surface area contributed by atoms with Gasteiger partial charge in [0.15, 0.2) is 0 Å². The Morgan fingerprint density at radius 3 is 2.08 bits per heavy atom. The lowest BCUT2D eigenvalue weighted by Gasteiger charge is -2.12. The Bertz CT molecular complexity index is 547. The minimum Gasteiger partial charge on any atom is -0.463 e. The largest absolute Gasteiger partial charge is 0.463 e. The van der Waals surface area contributed by atoms with E-state index in [0.717, 1.165) is 12.0 Å². The Kier molecular flexibility index (Phi) is 7.97. The molecule has 7 nitrogen and oxygen atoms in total. The van der Waals surface area contributed by atoms with E-state index in [9.17, 15) is 27.6 Å². The molecule has 25 heavy (non-hydrogen) atoms. The second kappa shape index (κ2) is 9.47. The first kappa shape index (κ1) is 21.0. The maximum Gasteiger partial charge on any atom is 0.422 e. The van der Waals surface area contributed by atoms with E-state index in [2.05, 4.69) is 27.4 Å². The van der Waals surface area contributed by atoms with Gasteiger partial charge in [-0.25, -0.2) is 4.79 Å². The molecule has 140 valence electrons. The molecule has 0 N–H and O–H groups in total. The van der Waals surface area contributed by atoms with Crippen LogP contribution in [0.5, 0.6) is 0 Å². The van der Waals surface area contributed by atoms with Crippen LogP contribution in [0.4, 0.5) is 13.2 Å². The standard InChI is InChI=1S/C8H7F3O4.C6H8O3S/c1-4(8(9,10)11)7(13)15-5-2-6(12)14-3-5;1-2-10-9-5-3-6(7)8-4-5/h5H,1-3H2;2,5H,1,3-4H2. The summed E-state index contributed by atoms with van der Waals surface area (Å²) in [6.07, 6.45) is -5.72. The Balaban J connectivity index is 0.000000271. The van der Waals surface area contributed by atoms with Crippen LogP contribution in [0.25, 0.3) is 0 Å². The van der Waals surface area contributed by atoms with Gasteiger partial charge >= 0.3 is 24.1 Å². The molecule has 0 aliphatic carbocycles. The first-order valence-electron chi connectivity index (χ1n) is 6.84.